The molecule has 6 nitrogen and oxygen atoms in total. The number of hydrogen-bond acceptors (Lipinski definition) is 6. The van der Waals surface area contributed by atoms with Crippen molar-refractivity contribution < 1.29 is 28.6 Å². The van der Waals surface area contributed by atoms with E-state index in [9.17, 15) is 14.4 Å². The topological polar surface area (TPSA) is 78.9 Å². The molecule has 0 rings (SSSR count). The third-order valence-electron chi connectivity index (χ3n) is 11.0. The largest absolute Gasteiger partial charge is 0.462 e. The van der Waals surface area contributed by atoms with E-state index in [0.29, 0.717) is 19.3 Å². The van der Waals surface area contributed by atoms with Crippen LogP contribution in [0.4, 0.5) is 0 Å². The Balaban J connectivity index is 4.36. The van der Waals surface area contributed by atoms with E-state index in [1.54, 1.807) is 0 Å². The Hall–Kier alpha value is -2.11. The van der Waals surface area contributed by atoms with Gasteiger partial charge < -0.3 is 14.2 Å². The molecule has 334 valence electrons. The van der Waals surface area contributed by atoms with Gasteiger partial charge in [-0.3, -0.25) is 14.4 Å². The Morgan fingerprint density at radius 1 is 0.351 bits per heavy atom. The molecule has 0 aromatic heterocycles. The maximum absolute atomic E-state index is 12.8. The third-order valence-corrected chi connectivity index (χ3v) is 11.0. The van der Waals surface area contributed by atoms with Gasteiger partial charge in [0.05, 0.1) is 0 Å². The van der Waals surface area contributed by atoms with Crippen LogP contribution in [0.3, 0.4) is 0 Å². The van der Waals surface area contributed by atoms with Crippen LogP contribution >= 0.6 is 0 Å². The quantitative estimate of drug-likeness (QED) is 0.0264. The molecule has 0 aliphatic carbocycles. The normalized spacial score (nSPS) is 12.1. The molecule has 0 aliphatic rings. The van der Waals surface area contributed by atoms with Crippen LogP contribution in [0.2, 0.25) is 0 Å². The predicted octanol–water partition coefficient (Wildman–Crippen LogP) is 16.0. The number of allylic oxidation sites excluding steroid dienone is 4. The first-order valence-corrected chi connectivity index (χ1v) is 24.8. The molecule has 0 fully saturated rings. The molecule has 0 spiro atoms. The van der Waals surface area contributed by atoms with Gasteiger partial charge in [0.15, 0.2) is 6.10 Å². The molecular weight excluding hydrogens is 709 g/mol. The van der Waals surface area contributed by atoms with Gasteiger partial charge in [-0.05, 0) is 51.4 Å². The summed E-state index contributed by atoms with van der Waals surface area (Å²) < 4.78 is 16.8. The zero-order valence-corrected chi connectivity index (χ0v) is 38.1. The zero-order chi connectivity index (χ0) is 41.5. The fourth-order valence-corrected chi connectivity index (χ4v) is 7.18. The Labute approximate surface area is 353 Å². The van der Waals surface area contributed by atoms with Crippen molar-refractivity contribution in [2.24, 2.45) is 0 Å². The molecule has 0 amide bonds. The van der Waals surface area contributed by atoms with Crippen molar-refractivity contribution in [2.45, 2.75) is 271 Å². The first-order chi connectivity index (χ1) is 28.0. The second kappa shape index (κ2) is 46.6. The van der Waals surface area contributed by atoms with Gasteiger partial charge in [-0.25, -0.2) is 0 Å². The van der Waals surface area contributed by atoms with E-state index in [1.807, 2.05) is 0 Å². The van der Waals surface area contributed by atoms with Crippen LogP contribution in [0, 0.1) is 0 Å². The third kappa shape index (κ3) is 44.8. The summed E-state index contributed by atoms with van der Waals surface area (Å²) in [6.07, 6.45) is 51.5. The summed E-state index contributed by atoms with van der Waals surface area (Å²) >= 11 is 0. The summed E-state index contributed by atoms with van der Waals surface area (Å²) in [6, 6.07) is 0. The highest BCUT2D eigenvalue weighted by molar-refractivity contribution is 5.71. The lowest BCUT2D eigenvalue weighted by atomic mass is 10.0. The Morgan fingerprint density at radius 2 is 0.632 bits per heavy atom. The van der Waals surface area contributed by atoms with Crippen molar-refractivity contribution in [3.05, 3.63) is 24.3 Å². The lowest BCUT2D eigenvalue weighted by molar-refractivity contribution is -0.167. The first kappa shape index (κ1) is 54.9. The number of esters is 3. The fourth-order valence-electron chi connectivity index (χ4n) is 7.18. The maximum Gasteiger partial charge on any atom is 0.306 e. The van der Waals surface area contributed by atoms with Crippen LogP contribution in [0.1, 0.15) is 265 Å². The molecule has 0 aromatic rings. The predicted molar refractivity (Wildman–Crippen MR) is 243 cm³/mol. The van der Waals surface area contributed by atoms with Crippen LogP contribution in [-0.4, -0.2) is 37.2 Å². The van der Waals surface area contributed by atoms with Crippen LogP contribution in [-0.2, 0) is 28.6 Å². The van der Waals surface area contributed by atoms with Gasteiger partial charge in [-0.2, -0.15) is 0 Å². The van der Waals surface area contributed by atoms with E-state index in [0.717, 1.165) is 77.0 Å². The number of unbranched alkanes of at least 4 members (excludes halogenated alkanes) is 30. The van der Waals surface area contributed by atoms with Crippen molar-refractivity contribution in [1.82, 2.24) is 0 Å². The second-order valence-electron chi connectivity index (χ2n) is 16.7. The van der Waals surface area contributed by atoms with Crippen LogP contribution in [0.15, 0.2) is 24.3 Å². The van der Waals surface area contributed by atoms with E-state index < -0.39 is 6.10 Å². The standard InChI is InChI=1S/C51H94O6/c1-4-7-10-13-16-19-22-24-25-27-30-33-36-39-42-45-51(54)57-48(46-55-49(52)43-40-37-34-31-28-21-18-15-12-9-6-3)47-56-50(53)44-41-38-35-32-29-26-23-20-17-14-11-8-5-2/h16,19,24-25,48H,4-15,17-18,20-23,26-47H2,1-3H3/b19-16-,25-24-/t48-/m0/s1. The van der Waals surface area contributed by atoms with Crippen LogP contribution in [0.25, 0.3) is 0 Å². The highest BCUT2D eigenvalue weighted by Gasteiger charge is 2.19. The van der Waals surface area contributed by atoms with E-state index in [2.05, 4.69) is 45.1 Å². The molecule has 0 bridgehead atoms. The highest BCUT2D eigenvalue weighted by Crippen LogP contribution is 2.15. The average Bonchev–Trinajstić information content (AvgIpc) is 3.21. The van der Waals surface area contributed by atoms with Crippen molar-refractivity contribution >= 4 is 17.9 Å². The summed E-state index contributed by atoms with van der Waals surface area (Å²) in [4.78, 5) is 37.8. The molecular formula is C51H94O6. The maximum atomic E-state index is 12.8. The van der Waals surface area contributed by atoms with E-state index in [4.69, 9.17) is 14.2 Å². The summed E-state index contributed by atoms with van der Waals surface area (Å²) in [5.41, 5.74) is 0. The first-order valence-electron chi connectivity index (χ1n) is 24.8. The van der Waals surface area contributed by atoms with Gasteiger partial charge >= 0.3 is 17.9 Å². The van der Waals surface area contributed by atoms with Crippen molar-refractivity contribution in [3.8, 4) is 0 Å². The highest BCUT2D eigenvalue weighted by atomic mass is 16.6. The zero-order valence-electron chi connectivity index (χ0n) is 38.1. The molecule has 0 N–H and O–H groups in total. The Kier molecular flexibility index (Phi) is 44.9. The second-order valence-corrected chi connectivity index (χ2v) is 16.7. The number of carbonyl (C=O) groups excluding carboxylic acids is 3. The minimum atomic E-state index is -0.771. The number of carbonyl (C=O) groups is 3. The van der Waals surface area contributed by atoms with E-state index in [-0.39, 0.29) is 31.1 Å². The number of rotatable bonds is 45. The van der Waals surface area contributed by atoms with Gasteiger partial charge in [0.25, 0.3) is 0 Å². The minimum absolute atomic E-state index is 0.0725. The monoisotopic (exact) mass is 803 g/mol. The smallest absolute Gasteiger partial charge is 0.306 e. The molecule has 0 saturated heterocycles. The fraction of sp³-hybridized carbons (Fsp3) is 0.863. The van der Waals surface area contributed by atoms with Gasteiger partial charge in [-0.15, -0.1) is 0 Å². The summed E-state index contributed by atoms with van der Waals surface area (Å²) in [5.74, 6) is -0.876. The lowest BCUT2D eigenvalue weighted by Gasteiger charge is -2.18. The summed E-state index contributed by atoms with van der Waals surface area (Å²) in [7, 11) is 0. The van der Waals surface area contributed by atoms with Crippen molar-refractivity contribution in [1.29, 1.82) is 0 Å². The molecule has 0 saturated carbocycles. The summed E-state index contributed by atoms with van der Waals surface area (Å²) in [6.45, 7) is 6.61. The van der Waals surface area contributed by atoms with Crippen LogP contribution in [0.5, 0.6) is 0 Å². The van der Waals surface area contributed by atoms with Gasteiger partial charge in [0, 0.05) is 19.3 Å². The average molecular weight is 803 g/mol. The SMILES string of the molecule is CCCCC/C=C\C/C=C\CCCCCCCC(=O)O[C@@H](COC(=O)CCCCCCCCCCCCC)COC(=O)CCCCCCCCCCCCCCC. The van der Waals surface area contributed by atoms with E-state index in [1.165, 1.54) is 148 Å². The molecule has 1 atom stereocenters. The number of hydrogen-bond donors (Lipinski definition) is 0. The Bertz CT molecular complexity index is 927. The molecule has 0 heterocycles. The molecule has 6 heteroatoms. The van der Waals surface area contributed by atoms with Gasteiger partial charge in [-0.1, -0.05) is 218 Å². The van der Waals surface area contributed by atoms with Crippen molar-refractivity contribution in [2.75, 3.05) is 13.2 Å². The van der Waals surface area contributed by atoms with Gasteiger partial charge in [0.1, 0.15) is 13.2 Å². The Morgan fingerprint density at radius 3 is 1.00 bits per heavy atom. The molecule has 0 unspecified atom stereocenters. The van der Waals surface area contributed by atoms with Crippen molar-refractivity contribution in [3.63, 3.8) is 0 Å². The molecule has 57 heavy (non-hydrogen) atoms. The summed E-state index contributed by atoms with van der Waals surface area (Å²) in [5, 5.41) is 0. The van der Waals surface area contributed by atoms with E-state index >= 15 is 0 Å². The molecule has 0 radical (unpaired) electrons. The molecule has 0 aliphatic heterocycles. The number of ether oxygens (including phenoxy) is 3. The lowest BCUT2D eigenvalue weighted by Crippen LogP contribution is -2.30. The van der Waals surface area contributed by atoms with Gasteiger partial charge in [0.2, 0.25) is 0 Å². The molecule has 0 aromatic carbocycles. The van der Waals surface area contributed by atoms with Crippen LogP contribution < -0.4 is 0 Å². The minimum Gasteiger partial charge on any atom is -0.462 e.